The first-order valence-corrected chi connectivity index (χ1v) is 20.2. The van der Waals surface area contributed by atoms with Crippen LogP contribution in [0.5, 0.6) is 11.5 Å². The van der Waals surface area contributed by atoms with E-state index in [2.05, 4.69) is 20.3 Å². The lowest BCUT2D eigenvalue weighted by molar-refractivity contribution is -0.177. The number of hydrogen-bond acceptors (Lipinski definition) is 12. The number of hydroxylamine groups is 2. The van der Waals surface area contributed by atoms with Crippen molar-refractivity contribution in [3.63, 3.8) is 0 Å². The quantitative estimate of drug-likeness (QED) is 0.0879. The Morgan fingerprint density at radius 2 is 1.42 bits per heavy atom. The smallest absolute Gasteiger partial charge is 0.285 e. The maximum absolute atomic E-state index is 13.8. The zero-order valence-electron chi connectivity index (χ0n) is 34.7. The number of hydrogen-bond donors (Lipinski definition) is 3. The molecule has 2 aromatic heterocycles. The molecule has 8 rings (SSSR count). The third kappa shape index (κ3) is 7.30. The lowest BCUT2D eigenvalue weighted by Crippen LogP contribution is -2.54. The van der Waals surface area contributed by atoms with Gasteiger partial charge in [0.05, 0.1) is 37.1 Å². The van der Waals surface area contributed by atoms with E-state index >= 15 is 0 Å². The van der Waals surface area contributed by atoms with Crippen LogP contribution in [0.15, 0.2) is 114 Å². The number of methoxy groups -OCH3 is 2. The predicted molar refractivity (Wildman–Crippen MR) is 226 cm³/mol. The summed E-state index contributed by atoms with van der Waals surface area (Å²) < 4.78 is 26.5. The number of H-pyrrole nitrogens is 1. The summed E-state index contributed by atoms with van der Waals surface area (Å²) in [6.45, 7) is 5.56. The van der Waals surface area contributed by atoms with Crippen molar-refractivity contribution < 1.29 is 43.3 Å². The van der Waals surface area contributed by atoms with E-state index in [-0.39, 0.29) is 34.8 Å². The topological polar surface area (TPSA) is 196 Å². The molecule has 0 radical (unpaired) electrons. The monoisotopic (exact) mass is 842 g/mol. The summed E-state index contributed by atoms with van der Waals surface area (Å²) in [5.41, 5.74) is 0.464. The average molecular weight is 843 g/mol. The molecule has 4 aromatic carbocycles. The Kier molecular flexibility index (Phi) is 11.7. The Morgan fingerprint density at radius 3 is 1.97 bits per heavy atom. The normalized spacial score (nSPS) is 19.2. The number of aliphatic hydroxyl groups excluding tert-OH is 1. The molecule has 2 aliphatic rings. The fourth-order valence-corrected chi connectivity index (χ4v) is 8.19. The Labute approximate surface area is 356 Å². The number of aromatic nitrogens is 4. The van der Waals surface area contributed by atoms with E-state index in [1.165, 1.54) is 23.0 Å². The van der Waals surface area contributed by atoms with Crippen LogP contribution in [0.4, 0.5) is 5.95 Å². The van der Waals surface area contributed by atoms with Gasteiger partial charge in [-0.1, -0.05) is 87.5 Å². The number of benzene rings is 4. The molecule has 62 heavy (non-hydrogen) atoms. The fraction of sp³-hybridized carbons (Fsp3) is 0.304. The van der Waals surface area contributed by atoms with Crippen LogP contribution in [0.1, 0.15) is 70.8 Å². The number of amides is 3. The van der Waals surface area contributed by atoms with Crippen molar-refractivity contribution in [2.75, 3.05) is 26.1 Å². The first kappa shape index (κ1) is 42.0. The number of aliphatic hydroxyl groups is 1. The summed E-state index contributed by atoms with van der Waals surface area (Å²) in [7, 11) is 3.16. The molecule has 0 spiro atoms. The van der Waals surface area contributed by atoms with E-state index < -0.39 is 65.3 Å². The number of fused-ring (bicyclic) bond motifs is 2. The molecule has 1 unspecified atom stereocenters. The van der Waals surface area contributed by atoms with Gasteiger partial charge in [0, 0.05) is 12.5 Å². The van der Waals surface area contributed by atoms with Crippen molar-refractivity contribution >= 4 is 34.8 Å². The molecule has 320 valence electrons. The zero-order chi connectivity index (χ0) is 43.7. The average Bonchev–Trinajstić information content (AvgIpc) is 3.94. The number of nitrogens with one attached hydrogen (secondary N) is 2. The highest BCUT2D eigenvalue weighted by atomic mass is 16.7. The molecule has 0 aliphatic carbocycles. The highest BCUT2D eigenvalue weighted by Crippen LogP contribution is 2.49. The van der Waals surface area contributed by atoms with Crippen LogP contribution in [0.25, 0.3) is 11.2 Å². The van der Waals surface area contributed by atoms with Gasteiger partial charge in [0.25, 0.3) is 17.4 Å². The highest BCUT2D eigenvalue weighted by Gasteiger charge is 2.58. The summed E-state index contributed by atoms with van der Waals surface area (Å²) in [4.78, 5) is 71.6. The minimum Gasteiger partial charge on any atom is -0.497 e. The minimum atomic E-state index is -1.63. The molecular formula is C46H46N6O10. The summed E-state index contributed by atoms with van der Waals surface area (Å²) in [5.74, 6) is -1.24. The summed E-state index contributed by atoms with van der Waals surface area (Å²) >= 11 is 0. The maximum atomic E-state index is 13.8. The molecule has 1 fully saturated rings. The van der Waals surface area contributed by atoms with Gasteiger partial charge in [0.2, 0.25) is 11.9 Å². The molecule has 3 N–H and O–H groups in total. The molecule has 0 saturated carbocycles. The van der Waals surface area contributed by atoms with Gasteiger partial charge >= 0.3 is 0 Å². The Hall–Kier alpha value is -6.72. The molecule has 4 heterocycles. The van der Waals surface area contributed by atoms with Gasteiger partial charge in [-0.05, 0) is 59.5 Å². The predicted octanol–water partition coefficient (Wildman–Crippen LogP) is 5.42. The molecule has 16 nitrogen and oxygen atoms in total. The molecule has 1 saturated heterocycles. The van der Waals surface area contributed by atoms with E-state index in [1.54, 1.807) is 40.2 Å². The van der Waals surface area contributed by atoms with Gasteiger partial charge < -0.3 is 24.1 Å². The lowest BCUT2D eigenvalue weighted by atomic mass is 9.64. The minimum absolute atomic E-state index is 0.0349. The van der Waals surface area contributed by atoms with Crippen molar-refractivity contribution in [2.24, 2.45) is 5.92 Å². The second kappa shape index (κ2) is 17.3. The third-order valence-electron chi connectivity index (χ3n) is 11.3. The van der Waals surface area contributed by atoms with Crippen LogP contribution in [-0.4, -0.2) is 92.7 Å². The second-order valence-corrected chi connectivity index (χ2v) is 15.3. The fourth-order valence-electron chi connectivity index (χ4n) is 8.19. The van der Waals surface area contributed by atoms with Crippen molar-refractivity contribution in [1.82, 2.24) is 24.6 Å². The van der Waals surface area contributed by atoms with Crippen molar-refractivity contribution in [3.8, 4) is 11.5 Å². The number of ether oxygens (including phenoxy) is 4. The number of imidazole rings is 1. The van der Waals surface area contributed by atoms with E-state index in [1.807, 2.05) is 85.8 Å². The molecule has 2 aliphatic heterocycles. The first-order valence-electron chi connectivity index (χ1n) is 20.2. The van der Waals surface area contributed by atoms with Gasteiger partial charge in [-0.25, -0.2) is 4.98 Å². The number of carbonyl (C=O) groups is 3. The number of rotatable bonds is 15. The van der Waals surface area contributed by atoms with E-state index in [4.69, 9.17) is 23.8 Å². The van der Waals surface area contributed by atoms with Gasteiger partial charge in [0.1, 0.15) is 29.8 Å². The number of carbonyl (C=O) groups excluding carboxylic acids is 3. The van der Waals surface area contributed by atoms with Gasteiger partial charge in [-0.15, -0.1) is 5.06 Å². The van der Waals surface area contributed by atoms with Crippen LogP contribution >= 0.6 is 0 Å². The molecular weight excluding hydrogens is 797 g/mol. The zero-order valence-corrected chi connectivity index (χ0v) is 34.7. The number of aromatic amines is 1. The molecule has 0 bridgehead atoms. The number of anilines is 1. The molecule has 16 heteroatoms. The molecule has 5 atom stereocenters. The van der Waals surface area contributed by atoms with E-state index in [0.717, 1.165) is 16.7 Å². The first-order chi connectivity index (χ1) is 30.0. The van der Waals surface area contributed by atoms with Crippen molar-refractivity contribution in [2.45, 2.75) is 63.3 Å². The molecule has 3 amide bonds. The van der Waals surface area contributed by atoms with Crippen molar-refractivity contribution in [3.05, 3.63) is 148 Å². The maximum Gasteiger partial charge on any atom is 0.285 e. The van der Waals surface area contributed by atoms with Gasteiger partial charge in [0.15, 0.2) is 23.5 Å². The lowest BCUT2D eigenvalue weighted by Gasteiger charge is -2.45. The standard InChI is InChI=1S/C46H46N6O10/c1-6-24-60-38(46(27-12-8-7-9-13-27,28-16-20-30(58-4)21-17-28)29-18-22-31(59-5)23-19-29)36-35(53)37(62-52-42(56)32-14-10-11-15-33(32)43(52)57)44(61-36)51-25-47-34-39(51)48-45(50-41(34)55)49-40(54)26(2)3/h7-23,25-26,35-38,44,53H,6,24H2,1-5H3,(H2,48,49,50,54,55)/t35-,36+,37-,38?,44-/m1/s1. The van der Waals surface area contributed by atoms with E-state index in [0.29, 0.717) is 23.0 Å². The second-order valence-electron chi connectivity index (χ2n) is 15.3. The SMILES string of the molecule is CCCOC([C@H]1O[C@@H](n2cnc3c(=O)[nH]c(NC(=O)C(C)C)nc32)[C@H](ON2C(=O)c3ccccc3C2=O)[C@@H]1O)C(c1ccccc1)(c1ccc(OC)cc1)c1ccc(OC)cc1. The van der Waals surface area contributed by atoms with Crippen LogP contribution in [0.2, 0.25) is 0 Å². The summed E-state index contributed by atoms with van der Waals surface area (Å²) in [6, 6.07) is 31.0. The Morgan fingerprint density at radius 1 is 0.855 bits per heavy atom. The van der Waals surface area contributed by atoms with Crippen LogP contribution < -0.4 is 20.3 Å². The van der Waals surface area contributed by atoms with Crippen LogP contribution in [0.3, 0.4) is 0 Å². The highest BCUT2D eigenvalue weighted by molar-refractivity contribution is 6.20. The number of nitrogens with zero attached hydrogens (tertiary/aromatic N) is 4. The van der Waals surface area contributed by atoms with Crippen molar-refractivity contribution in [1.29, 1.82) is 0 Å². The van der Waals surface area contributed by atoms with Gasteiger partial charge in [-0.3, -0.25) is 38.9 Å². The summed E-state index contributed by atoms with van der Waals surface area (Å²) in [5, 5.41) is 16.1. The summed E-state index contributed by atoms with van der Waals surface area (Å²) in [6.07, 6.45) is -5.06. The Balaban J connectivity index is 1.34. The van der Waals surface area contributed by atoms with Crippen LogP contribution in [-0.2, 0) is 24.5 Å². The van der Waals surface area contributed by atoms with Gasteiger partial charge in [-0.2, -0.15) is 4.98 Å². The largest absolute Gasteiger partial charge is 0.497 e. The van der Waals surface area contributed by atoms with E-state index in [9.17, 15) is 24.3 Å². The Bertz CT molecular complexity index is 2570. The molecule has 6 aromatic rings. The third-order valence-corrected chi connectivity index (χ3v) is 11.3. The number of imide groups is 1. The van der Waals surface area contributed by atoms with Crippen LogP contribution in [0, 0.1) is 5.92 Å².